The summed E-state index contributed by atoms with van der Waals surface area (Å²) in [6.07, 6.45) is 0. The summed E-state index contributed by atoms with van der Waals surface area (Å²) in [7, 11) is 4.60. The molecule has 0 spiro atoms. The molecule has 6 nitrogen and oxygen atoms in total. The molecule has 146 valence electrons. The normalized spacial score (nSPS) is 10.6. The van der Waals surface area contributed by atoms with Crippen LogP contribution in [-0.2, 0) is 17.8 Å². The number of carbonyl (C=O) groups is 1. The average molecular weight is 483 g/mol. The fourth-order valence-electron chi connectivity index (χ4n) is 2.55. The van der Waals surface area contributed by atoms with Crippen molar-refractivity contribution in [3.8, 4) is 5.75 Å². The van der Waals surface area contributed by atoms with Gasteiger partial charge in [-0.1, -0.05) is 35.9 Å². The number of benzene rings is 2. The molecule has 0 saturated heterocycles. The molecule has 27 heavy (non-hydrogen) atoms. The second-order valence-electron chi connectivity index (χ2n) is 5.79. The van der Waals surface area contributed by atoms with Crippen molar-refractivity contribution in [1.82, 2.24) is 10.6 Å². The van der Waals surface area contributed by atoms with Gasteiger partial charge in [-0.15, -0.1) is 24.0 Å². The van der Waals surface area contributed by atoms with Gasteiger partial charge in [0, 0.05) is 20.1 Å². The first-order chi connectivity index (χ1) is 12.6. The van der Waals surface area contributed by atoms with Gasteiger partial charge in [-0.3, -0.25) is 4.99 Å². The summed E-state index contributed by atoms with van der Waals surface area (Å²) in [6.45, 7) is 3.26. The molecule has 2 N–H and O–H groups in total. The van der Waals surface area contributed by atoms with Crippen molar-refractivity contribution in [2.45, 2.75) is 20.0 Å². The Kier molecular flexibility index (Phi) is 9.63. The number of halogens is 1. The summed E-state index contributed by atoms with van der Waals surface area (Å²) < 4.78 is 10.0. The number of rotatable bonds is 6. The summed E-state index contributed by atoms with van der Waals surface area (Å²) in [6, 6.07) is 13.7. The SMILES string of the molecule is CN=C(NCc1cccc(C)c1)NCc1ccc(OC)c(C(=O)OC)c1.I. The minimum absolute atomic E-state index is 0. The maximum Gasteiger partial charge on any atom is 0.341 e. The Balaban J connectivity index is 0.00000364. The van der Waals surface area contributed by atoms with Gasteiger partial charge in [0.05, 0.1) is 14.2 Å². The lowest BCUT2D eigenvalue weighted by atomic mass is 10.1. The van der Waals surface area contributed by atoms with E-state index in [-0.39, 0.29) is 24.0 Å². The number of esters is 1. The number of nitrogens with zero attached hydrogens (tertiary/aromatic N) is 1. The molecule has 0 fully saturated rings. The molecule has 2 aromatic carbocycles. The number of ether oxygens (including phenoxy) is 2. The van der Waals surface area contributed by atoms with Crippen LogP contribution in [0.4, 0.5) is 0 Å². The summed E-state index contributed by atoms with van der Waals surface area (Å²) in [5, 5.41) is 6.52. The quantitative estimate of drug-likeness (QED) is 0.286. The average Bonchev–Trinajstić information content (AvgIpc) is 2.67. The fraction of sp³-hybridized carbons (Fsp3) is 0.300. The van der Waals surface area contributed by atoms with E-state index < -0.39 is 5.97 Å². The molecule has 0 aliphatic carbocycles. The molecule has 0 radical (unpaired) electrons. The Labute approximate surface area is 177 Å². The maximum absolute atomic E-state index is 11.9. The molecule has 0 aliphatic heterocycles. The summed E-state index contributed by atoms with van der Waals surface area (Å²) >= 11 is 0. The zero-order valence-electron chi connectivity index (χ0n) is 16.0. The predicted octanol–water partition coefficient (Wildman–Crippen LogP) is 3.27. The third kappa shape index (κ3) is 6.74. The highest BCUT2D eigenvalue weighted by Gasteiger charge is 2.13. The molecule has 7 heteroatoms. The Hall–Kier alpha value is -2.29. The van der Waals surface area contributed by atoms with E-state index in [9.17, 15) is 4.79 Å². The minimum atomic E-state index is -0.425. The molecule has 0 unspecified atom stereocenters. The Morgan fingerprint density at radius 3 is 2.26 bits per heavy atom. The van der Waals surface area contributed by atoms with E-state index in [0.717, 1.165) is 5.56 Å². The van der Waals surface area contributed by atoms with E-state index in [1.54, 1.807) is 19.2 Å². The molecule has 0 heterocycles. The fourth-order valence-corrected chi connectivity index (χ4v) is 2.55. The van der Waals surface area contributed by atoms with Crippen LogP contribution in [0.1, 0.15) is 27.0 Å². The number of hydrogen-bond acceptors (Lipinski definition) is 4. The molecule has 0 aliphatic rings. The summed E-state index contributed by atoms with van der Waals surface area (Å²) in [5.41, 5.74) is 3.73. The highest BCUT2D eigenvalue weighted by atomic mass is 127. The van der Waals surface area contributed by atoms with Crippen LogP contribution in [0.5, 0.6) is 5.75 Å². The van der Waals surface area contributed by atoms with Crippen molar-refractivity contribution in [2.75, 3.05) is 21.3 Å². The van der Waals surface area contributed by atoms with Crippen LogP contribution in [0.2, 0.25) is 0 Å². The Bertz CT molecular complexity index is 794. The van der Waals surface area contributed by atoms with Gasteiger partial charge in [0.2, 0.25) is 0 Å². The smallest absolute Gasteiger partial charge is 0.341 e. The Morgan fingerprint density at radius 1 is 1.04 bits per heavy atom. The van der Waals surface area contributed by atoms with Crippen molar-refractivity contribution in [3.05, 3.63) is 64.7 Å². The first-order valence-electron chi connectivity index (χ1n) is 8.32. The number of carbonyl (C=O) groups excluding carboxylic acids is 1. The van der Waals surface area contributed by atoms with Gasteiger partial charge in [-0.05, 0) is 30.2 Å². The maximum atomic E-state index is 11.9. The van der Waals surface area contributed by atoms with E-state index in [2.05, 4.69) is 40.7 Å². The lowest BCUT2D eigenvalue weighted by molar-refractivity contribution is 0.0597. The van der Waals surface area contributed by atoms with Crippen LogP contribution >= 0.6 is 24.0 Å². The van der Waals surface area contributed by atoms with E-state index in [0.29, 0.717) is 30.4 Å². The van der Waals surface area contributed by atoms with Gasteiger partial charge in [-0.25, -0.2) is 4.79 Å². The van der Waals surface area contributed by atoms with Gasteiger partial charge in [0.15, 0.2) is 5.96 Å². The van der Waals surface area contributed by atoms with Gasteiger partial charge < -0.3 is 20.1 Å². The summed E-state index contributed by atoms with van der Waals surface area (Å²) in [4.78, 5) is 16.1. The third-order valence-corrected chi connectivity index (χ3v) is 3.90. The number of hydrogen-bond donors (Lipinski definition) is 2. The topological polar surface area (TPSA) is 72.0 Å². The number of aryl methyl sites for hydroxylation is 1. The summed E-state index contributed by atoms with van der Waals surface area (Å²) in [5.74, 6) is 0.746. The first kappa shape index (κ1) is 22.8. The highest BCUT2D eigenvalue weighted by molar-refractivity contribution is 14.0. The molecule has 0 amide bonds. The van der Waals surface area contributed by atoms with Crippen molar-refractivity contribution in [1.29, 1.82) is 0 Å². The van der Waals surface area contributed by atoms with Gasteiger partial charge in [0.1, 0.15) is 11.3 Å². The molecular weight excluding hydrogens is 457 g/mol. The van der Waals surface area contributed by atoms with Crippen LogP contribution < -0.4 is 15.4 Å². The van der Waals surface area contributed by atoms with E-state index in [4.69, 9.17) is 9.47 Å². The third-order valence-electron chi connectivity index (χ3n) is 3.90. The van der Waals surface area contributed by atoms with Crippen LogP contribution in [0.25, 0.3) is 0 Å². The van der Waals surface area contributed by atoms with Crippen LogP contribution in [-0.4, -0.2) is 33.2 Å². The molecule has 2 rings (SSSR count). The molecule has 0 bridgehead atoms. The number of aliphatic imine (C=N–C) groups is 1. The highest BCUT2D eigenvalue weighted by Crippen LogP contribution is 2.20. The van der Waals surface area contributed by atoms with Crippen molar-refractivity contribution < 1.29 is 14.3 Å². The monoisotopic (exact) mass is 483 g/mol. The van der Waals surface area contributed by atoms with Gasteiger partial charge in [-0.2, -0.15) is 0 Å². The van der Waals surface area contributed by atoms with Crippen LogP contribution in [0, 0.1) is 6.92 Å². The van der Waals surface area contributed by atoms with E-state index >= 15 is 0 Å². The van der Waals surface area contributed by atoms with E-state index in [1.807, 2.05) is 12.1 Å². The molecule has 2 aromatic rings. The molecule has 0 aromatic heterocycles. The number of guanidine groups is 1. The Morgan fingerprint density at radius 2 is 1.70 bits per heavy atom. The minimum Gasteiger partial charge on any atom is -0.496 e. The molecule has 0 saturated carbocycles. The lowest BCUT2D eigenvalue weighted by Gasteiger charge is -2.13. The lowest BCUT2D eigenvalue weighted by Crippen LogP contribution is -2.36. The zero-order valence-corrected chi connectivity index (χ0v) is 18.4. The van der Waals surface area contributed by atoms with Gasteiger partial charge >= 0.3 is 5.97 Å². The van der Waals surface area contributed by atoms with Crippen molar-refractivity contribution in [2.24, 2.45) is 4.99 Å². The van der Waals surface area contributed by atoms with E-state index in [1.165, 1.54) is 25.3 Å². The van der Waals surface area contributed by atoms with Crippen molar-refractivity contribution >= 4 is 35.9 Å². The molecule has 0 atom stereocenters. The second-order valence-corrected chi connectivity index (χ2v) is 5.79. The standard InChI is InChI=1S/C20H25N3O3.HI/c1-14-6-5-7-15(10-14)12-22-20(21-2)23-13-16-8-9-18(25-3)17(11-16)19(24)26-4;/h5-11H,12-13H2,1-4H3,(H2,21,22,23);1H. The number of methoxy groups -OCH3 is 2. The molecular formula is C20H26IN3O3. The van der Waals surface area contributed by atoms with Crippen LogP contribution in [0.15, 0.2) is 47.5 Å². The van der Waals surface area contributed by atoms with Crippen molar-refractivity contribution in [3.63, 3.8) is 0 Å². The first-order valence-corrected chi connectivity index (χ1v) is 8.32. The second kappa shape index (κ2) is 11.4. The van der Waals surface area contributed by atoms with Crippen LogP contribution in [0.3, 0.4) is 0 Å². The largest absolute Gasteiger partial charge is 0.496 e. The number of nitrogens with one attached hydrogen (secondary N) is 2. The predicted molar refractivity (Wildman–Crippen MR) is 118 cm³/mol. The van der Waals surface area contributed by atoms with Gasteiger partial charge in [0.25, 0.3) is 0 Å². The zero-order chi connectivity index (χ0) is 18.9.